The molecule has 0 aromatic heterocycles. The summed E-state index contributed by atoms with van der Waals surface area (Å²) in [6.45, 7) is 14.8. The van der Waals surface area contributed by atoms with Crippen molar-refractivity contribution in [2.75, 3.05) is 7.05 Å². The van der Waals surface area contributed by atoms with E-state index < -0.39 is 0 Å². The van der Waals surface area contributed by atoms with Gasteiger partial charge in [0.2, 0.25) is 5.91 Å². The van der Waals surface area contributed by atoms with Crippen LogP contribution in [0.3, 0.4) is 0 Å². The van der Waals surface area contributed by atoms with E-state index in [0.29, 0.717) is 5.92 Å². The first-order valence-corrected chi connectivity index (χ1v) is 7.33. The molecule has 0 bridgehead atoms. The smallest absolute Gasteiger partial charge is 0.243 e. The Labute approximate surface area is 118 Å². The fourth-order valence-corrected chi connectivity index (χ4v) is 3.61. The molecular weight excluding hydrogens is 236 g/mol. The summed E-state index contributed by atoms with van der Waals surface area (Å²) in [4.78, 5) is 14.1. The predicted octanol–water partition coefficient (Wildman–Crippen LogP) is 2.97. The molecule has 0 aromatic carbocycles. The van der Waals surface area contributed by atoms with Crippen molar-refractivity contribution >= 4 is 5.91 Å². The van der Waals surface area contributed by atoms with E-state index in [1.54, 1.807) is 0 Å². The maximum atomic E-state index is 11.7. The highest BCUT2D eigenvalue weighted by Crippen LogP contribution is 2.42. The quantitative estimate of drug-likeness (QED) is 0.793. The average molecular weight is 266 g/mol. The van der Waals surface area contributed by atoms with Gasteiger partial charge in [0.1, 0.15) is 0 Å². The first kappa shape index (κ1) is 16.2. The third kappa shape index (κ3) is 3.19. The lowest BCUT2D eigenvalue weighted by Crippen LogP contribution is -2.69. The summed E-state index contributed by atoms with van der Waals surface area (Å²) in [5.74, 6) is 0.461. The van der Waals surface area contributed by atoms with Gasteiger partial charge in [-0.3, -0.25) is 9.69 Å². The standard InChI is InChI=1S/C16H30N2O/c1-8-10-12-11-15(3,4)18(7)16(5,6)14(12)17-13(19)9-2/h9,12,14H,2,8,10-11H2,1,3-7H3,(H,17,19). The van der Waals surface area contributed by atoms with Gasteiger partial charge in [-0.15, -0.1) is 0 Å². The second-order valence-corrected chi connectivity index (χ2v) is 6.97. The monoisotopic (exact) mass is 266 g/mol. The molecule has 3 nitrogen and oxygen atoms in total. The molecule has 0 spiro atoms. The van der Waals surface area contributed by atoms with Crippen molar-refractivity contribution in [1.29, 1.82) is 0 Å². The van der Waals surface area contributed by atoms with E-state index in [2.05, 4.69) is 58.5 Å². The van der Waals surface area contributed by atoms with Gasteiger partial charge < -0.3 is 5.32 Å². The number of nitrogens with one attached hydrogen (secondary N) is 1. The van der Waals surface area contributed by atoms with E-state index in [1.807, 2.05) is 0 Å². The molecule has 1 amide bonds. The van der Waals surface area contributed by atoms with Crippen molar-refractivity contribution in [2.24, 2.45) is 5.92 Å². The van der Waals surface area contributed by atoms with Crippen LogP contribution in [0.4, 0.5) is 0 Å². The molecule has 2 unspecified atom stereocenters. The summed E-state index contributed by atoms with van der Waals surface area (Å²) in [7, 11) is 2.16. The highest BCUT2D eigenvalue weighted by molar-refractivity contribution is 5.87. The molecule has 1 aliphatic heterocycles. The van der Waals surface area contributed by atoms with Crippen molar-refractivity contribution < 1.29 is 4.79 Å². The maximum Gasteiger partial charge on any atom is 0.243 e. The number of carbonyl (C=O) groups excluding carboxylic acids is 1. The van der Waals surface area contributed by atoms with E-state index in [4.69, 9.17) is 0 Å². The van der Waals surface area contributed by atoms with Gasteiger partial charge in [-0.1, -0.05) is 19.9 Å². The first-order valence-electron chi connectivity index (χ1n) is 7.33. The van der Waals surface area contributed by atoms with Crippen LogP contribution in [0.25, 0.3) is 0 Å². The zero-order chi connectivity index (χ0) is 14.8. The molecule has 0 saturated carbocycles. The predicted molar refractivity (Wildman–Crippen MR) is 81.1 cm³/mol. The molecule has 1 saturated heterocycles. The van der Waals surface area contributed by atoms with Crippen molar-refractivity contribution in [3.63, 3.8) is 0 Å². The molecule has 1 heterocycles. The Kier molecular flexibility index (Phi) is 4.83. The van der Waals surface area contributed by atoms with Gasteiger partial charge in [-0.2, -0.15) is 0 Å². The molecule has 3 heteroatoms. The minimum atomic E-state index is -0.0627. The van der Waals surface area contributed by atoms with Crippen molar-refractivity contribution in [1.82, 2.24) is 10.2 Å². The van der Waals surface area contributed by atoms with Gasteiger partial charge in [0, 0.05) is 17.1 Å². The zero-order valence-corrected chi connectivity index (χ0v) is 13.4. The van der Waals surface area contributed by atoms with Gasteiger partial charge in [-0.05, 0) is 59.6 Å². The fourth-order valence-electron chi connectivity index (χ4n) is 3.61. The van der Waals surface area contributed by atoms with Gasteiger partial charge >= 0.3 is 0 Å². The first-order chi connectivity index (χ1) is 8.66. The summed E-state index contributed by atoms with van der Waals surface area (Å²) in [5.41, 5.74) is 0.110. The van der Waals surface area contributed by atoms with Crippen LogP contribution in [-0.4, -0.2) is 35.0 Å². The highest BCUT2D eigenvalue weighted by atomic mass is 16.1. The number of amides is 1. The molecule has 0 radical (unpaired) electrons. The summed E-state index contributed by atoms with van der Waals surface area (Å²) < 4.78 is 0. The highest BCUT2D eigenvalue weighted by Gasteiger charge is 2.49. The number of likely N-dealkylation sites (N-methyl/N-ethyl adjacent to an activating group) is 1. The molecule has 2 atom stereocenters. The molecule has 1 rings (SSSR count). The molecule has 110 valence electrons. The lowest BCUT2D eigenvalue weighted by atomic mass is 9.69. The molecular formula is C16H30N2O. The number of carbonyl (C=O) groups is 1. The lowest BCUT2D eigenvalue weighted by Gasteiger charge is -2.58. The van der Waals surface area contributed by atoms with Crippen LogP contribution in [0.15, 0.2) is 12.7 Å². The van der Waals surface area contributed by atoms with E-state index in [-0.39, 0.29) is 23.0 Å². The van der Waals surface area contributed by atoms with E-state index in [1.165, 1.54) is 6.08 Å². The van der Waals surface area contributed by atoms with E-state index >= 15 is 0 Å². The minimum absolute atomic E-state index is 0.0553. The van der Waals surface area contributed by atoms with Gasteiger partial charge in [-0.25, -0.2) is 0 Å². The van der Waals surface area contributed by atoms with Crippen LogP contribution in [0.2, 0.25) is 0 Å². The summed E-state index contributed by atoms with van der Waals surface area (Å²) in [5, 5.41) is 3.16. The molecule has 19 heavy (non-hydrogen) atoms. The number of hydrogen-bond acceptors (Lipinski definition) is 2. The van der Waals surface area contributed by atoms with Crippen molar-refractivity contribution in [3.05, 3.63) is 12.7 Å². The largest absolute Gasteiger partial charge is 0.348 e. The van der Waals surface area contributed by atoms with Crippen LogP contribution in [0, 0.1) is 5.92 Å². The second kappa shape index (κ2) is 5.66. The molecule has 0 aliphatic carbocycles. The third-order valence-electron chi connectivity index (χ3n) is 4.91. The number of rotatable bonds is 4. The topological polar surface area (TPSA) is 32.3 Å². The number of nitrogens with zero attached hydrogens (tertiary/aromatic N) is 1. The van der Waals surface area contributed by atoms with Crippen LogP contribution >= 0.6 is 0 Å². The van der Waals surface area contributed by atoms with Gasteiger partial charge in [0.05, 0.1) is 0 Å². The summed E-state index contributed by atoms with van der Waals surface area (Å²) in [6, 6.07) is 0.177. The Morgan fingerprint density at radius 3 is 2.47 bits per heavy atom. The van der Waals surface area contributed by atoms with Gasteiger partial charge in [0.15, 0.2) is 0 Å². The second-order valence-electron chi connectivity index (χ2n) is 6.97. The lowest BCUT2D eigenvalue weighted by molar-refractivity contribution is -0.122. The Morgan fingerprint density at radius 1 is 1.42 bits per heavy atom. The van der Waals surface area contributed by atoms with Crippen LogP contribution in [0.1, 0.15) is 53.9 Å². The molecule has 1 aliphatic rings. The van der Waals surface area contributed by atoms with Crippen LogP contribution in [0.5, 0.6) is 0 Å². The average Bonchev–Trinajstić information content (AvgIpc) is 2.32. The minimum Gasteiger partial charge on any atom is -0.348 e. The van der Waals surface area contributed by atoms with Gasteiger partial charge in [0.25, 0.3) is 0 Å². The summed E-state index contributed by atoms with van der Waals surface area (Å²) in [6.07, 6.45) is 4.80. The molecule has 1 N–H and O–H groups in total. The Bertz CT molecular complexity index is 347. The van der Waals surface area contributed by atoms with E-state index in [9.17, 15) is 4.79 Å². The van der Waals surface area contributed by atoms with Crippen molar-refractivity contribution in [2.45, 2.75) is 71.0 Å². The van der Waals surface area contributed by atoms with Crippen LogP contribution < -0.4 is 5.32 Å². The normalized spacial score (nSPS) is 29.8. The number of likely N-dealkylation sites (tertiary alicyclic amines) is 1. The maximum absolute atomic E-state index is 11.7. The van der Waals surface area contributed by atoms with Crippen LogP contribution in [-0.2, 0) is 4.79 Å². The molecule has 0 aromatic rings. The fraction of sp³-hybridized carbons (Fsp3) is 0.812. The SMILES string of the molecule is C=CC(=O)NC1C(CCC)CC(C)(C)N(C)C1(C)C. The Hall–Kier alpha value is -0.830. The van der Waals surface area contributed by atoms with Crippen molar-refractivity contribution in [3.8, 4) is 0 Å². The number of piperidine rings is 1. The molecule has 1 fully saturated rings. The Morgan fingerprint density at radius 2 is 2.00 bits per heavy atom. The number of hydrogen-bond donors (Lipinski definition) is 1. The van der Waals surface area contributed by atoms with E-state index in [0.717, 1.165) is 19.3 Å². The zero-order valence-electron chi connectivity index (χ0n) is 13.4. The summed E-state index contributed by atoms with van der Waals surface area (Å²) >= 11 is 0. The third-order valence-corrected chi connectivity index (χ3v) is 4.91. The Balaban J connectivity index is 3.06.